The van der Waals surface area contributed by atoms with Gasteiger partial charge in [0.2, 0.25) is 0 Å². The molecule has 0 N–H and O–H groups in total. The van der Waals surface area contributed by atoms with Crippen molar-refractivity contribution in [3.05, 3.63) is 23.7 Å². The molecule has 19 heavy (non-hydrogen) atoms. The molecule has 1 saturated heterocycles. The monoisotopic (exact) mass is 279 g/mol. The highest BCUT2D eigenvalue weighted by molar-refractivity contribution is 6.17. The number of ether oxygens (including phenoxy) is 1. The van der Waals surface area contributed by atoms with Crippen molar-refractivity contribution >= 4 is 22.8 Å². The fourth-order valence-electron chi connectivity index (χ4n) is 2.60. The SMILES string of the molecule is Cc1ccc2nc(CCCl)n(CC3CCCO3)c2n1. The van der Waals surface area contributed by atoms with Crippen LogP contribution in [-0.2, 0) is 17.7 Å². The summed E-state index contributed by atoms with van der Waals surface area (Å²) in [4.78, 5) is 9.27. The lowest BCUT2D eigenvalue weighted by molar-refractivity contribution is 0.0971. The van der Waals surface area contributed by atoms with E-state index >= 15 is 0 Å². The highest BCUT2D eigenvalue weighted by atomic mass is 35.5. The number of rotatable bonds is 4. The van der Waals surface area contributed by atoms with Crippen molar-refractivity contribution < 1.29 is 4.74 Å². The molecule has 102 valence electrons. The zero-order chi connectivity index (χ0) is 13.2. The van der Waals surface area contributed by atoms with Crippen molar-refractivity contribution in [2.24, 2.45) is 0 Å². The molecule has 3 rings (SSSR count). The summed E-state index contributed by atoms with van der Waals surface area (Å²) in [6.07, 6.45) is 3.32. The fourth-order valence-corrected chi connectivity index (χ4v) is 2.77. The van der Waals surface area contributed by atoms with Crippen molar-refractivity contribution in [3.63, 3.8) is 0 Å². The minimum absolute atomic E-state index is 0.286. The summed E-state index contributed by atoms with van der Waals surface area (Å²) in [5.41, 5.74) is 2.91. The molecule has 1 aliphatic heterocycles. The highest BCUT2D eigenvalue weighted by Gasteiger charge is 2.20. The van der Waals surface area contributed by atoms with Crippen LogP contribution in [0.4, 0.5) is 0 Å². The van der Waals surface area contributed by atoms with Crippen LogP contribution in [-0.4, -0.2) is 33.1 Å². The Morgan fingerprint density at radius 3 is 3.05 bits per heavy atom. The maximum Gasteiger partial charge on any atom is 0.160 e. The van der Waals surface area contributed by atoms with Crippen molar-refractivity contribution in [1.29, 1.82) is 0 Å². The Labute approximate surface area is 117 Å². The molecule has 4 nitrogen and oxygen atoms in total. The van der Waals surface area contributed by atoms with Gasteiger partial charge in [-0.2, -0.15) is 0 Å². The molecule has 0 bridgehead atoms. The normalized spacial score (nSPS) is 19.4. The second kappa shape index (κ2) is 5.47. The average molecular weight is 280 g/mol. The first-order valence-corrected chi connectivity index (χ1v) is 7.31. The Morgan fingerprint density at radius 2 is 2.32 bits per heavy atom. The maximum atomic E-state index is 5.88. The number of hydrogen-bond donors (Lipinski definition) is 0. The number of fused-ring (bicyclic) bond motifs is 1. The molecule has 0 aliphatic carbocycles. The zero-order valence-corrected chi connectivity index (χ0v) is 11.9. The molecule has 1 fully saturated rings. The smallest absolute Gasteiger partial charge is 0.160 e. The predicted octanol–water partition coefficient (Wildman–Crippen LogP) is 2.70. The van der Waals surface area contributed by atoms with E-state index in [1.807, 2.05) is 19.1 Å². The van der Waals surface area contributed by atoms with Crippen molar-refractivity contribution in [1.82, 2.24) is 14.5 Å². The van der Waals surface area contributed by atoms with E-state index < -0.39 is 0 Å². The Kier molecular flexibility index (Phi) is 3.71. The number of imidazole rings is 1. The number of nitrogens with zero attached hydrogens (tertiary/aromatic N) is 3. The fraction of sp³-hybridized carbons (Fsp3) is 0.571. The van der Waals surface area contributed by atoms with Gasteiger partial charge in [-0.05, 0) is 31.9 Å². The molecule has 1 aliphatic rings. The molecule has 2 aromatic rings. The second-order valence-electron chi connectivity index (χ2n) is 5.01. The van der Waals surface area contributed by atoms with Crippen LogP contribution in [0.25, 0.3) is 11.2 Å². The minimum atomic E-state index is 0.286. The van der Waals surface area contributed by atoms with E-state index in [0.717, 1.165) is 55.1 Å². The molecule has 0 spiro atoms. The van der Waals surface area contributed by atoms with E-state index in [2.05, 4.69) is 14.5 Å². The summed E-state index contributed by atoms with van der Waals surface area (Å²) in [6.45, 7) is 3.71. The van der Waals surface area contributed by atoms with Gasteiger partial charge in [0.15, 0.2) is 5.65 Å². The van der Waals surface area contributed by atoms with Gasteiger partial charge in [0.1, 0.15) is 11.3 Å². The number of pyridine rings is 1. The standard InChI is InChI=1S/C14H18ClN3O/c1-10-4-5-12-14(16-10)18(13(17-12)6-7-15)9-11-3-2-8-19-11/h4-5,11H,2-3,6-9H2,1H3. The van der Waals surface area contributed by atoms with Gasteiger partial charge in [0, 0.05) is 24.6 Å². The van der Waals surface area contributed by atoms with Crippen molar-refractivity contribution in [2.75, 3.05) is 12.5 Å². The first kappa shape index (κ1) is 12.9. The van der Waals surface area contributed by atoms with Gasteiger partial charge >= 0.3 is 0 Å². The summed E-state index contributed by atoms with van der Waals surface area (Å²) in [5, 5.41) is 0. The number of alkyl halides is 1. The van der Waals surface area contributed by atoms with E-state index in [1.54, 1.807) is 0 Å². The van der Waals surface area contributed by atoms with Gasteiger partial charge in [-0.25, -0.2) is 9.97 Å². The number of aryl methyl sites for hydroxylation is 2. The van der Waals surface area contributed by atoms with Crippen molar-refractivity contribution in [3.8, 4) is 0 Å². The number of halogens is 1. The molecule has 0 amide bonds. The maximum absolute atomic E-state index is 5.88. The first-order chi connectivity index (χ1) is 9.28. The zero-order valence-electron chi connectivity index (χ0n) is 11.1. The predicted molar refractivity (Wildman–Crippen MR) is 75.7 cm³/mol. The van der Waals surface area contributed by atoms with E-state index in [4.69, 9.17) is 16.3 Å². The van der Waals surface area contributed by atoms with Gasteiger partial charge in [-0.1, -0.05) is 0 Å². The first-order valence-electron chi connectivity index (χ1n) is 6.78. The highest BCUT2D eigenvalue weighted by Crippen LogP contribution is 2.20. The van der Waals surface area contributed by atoms with Gasteiger partial charge in [-0.15, -0.1) is 11.6 Å². The van der Waals surface area contributed by atoms with E-state index in [1.165, 1.54) is 0 Å². The third kappa shape index (κ3) is 2.60. The van der Waals surface area contributed by atoms with Crippen LogP contribution in [0.2, 0.25) is 0 Å². The molecule has 3 heterocycles. The lowest BCUT2D eigenvalue weighted by atomic mass is 10.2. The third-order valence-corrected chi connectivity index (χ3v) is 3.73. The molecular weight excluding hydrogens is 262 g/mol. The molecule has 0 radical (unpaired) electrons. The van der Waals surface area contributed by atoms with Crippen LogP contribution in [0.1, 0.15) is 24.4 Å². The summed E-state index contributed by atoms with van der Waals surface area (Å²) < 4.78 is 7.91. The Bertz CT molecular complexity index is 575. The van der Waals surface area contributed by atoms with Gasteiger partial charge in [0.25, 0.3) is 0 Å². The Balaban J connectivity index is 2.01. The van der Waals surface area contributed by atoms with Crippen LogP contribution in [0.3, 0.4) is 0 Å². The van der Waals surface area contributed by atoms with Crippen LogP contribution in [0, 0.1) is 6.92 Å². The molecule has 5 heteroatoms. The molecule has 1 atom stereocenters. The lowest BCUT2D eigenvalue weighted by Gasteiger charge is -2.13. The van der Waals surface area contributed by atoms with Crippen LogP contribution >= 0.6 is 11.6 Å². The molecule has 1 unspecified atom stereocenters. The molecule has 0 aromatic carbocycles. The van der Waals surface area contributed by atoms with E-state index in [9.17, 15) is 0 Å². The summed E-state index contributed by atoms with van der Waals surface area (Å²) in [7, 11) is 0. The van der Waals surface area contributed by atoms with Gasteiger partial charge in [-0.3, -0.25) is 0 Å². The minimum Gasteiger partial charge on any atom is -0.376 e. The Hall–Kier alpha value is -1.13. The topological polar surface area (TPSA) is 39.9 Å². The second-order valence-corrected chi connectivity index (χ2v) is 5.39. The molecule has 2 aromatic heterocycles. The van der Waals surface area contributed by atoms with Crippen LogP contribution < -0.4 is 0 Å². The molecular formula is C14H18ClN3O. The Morgan fingerprint density at radius 1 is 1.42 bits per heavy atom. The quantitative estimate of drug-likeness (QED) is 0.808. The summed E-state index contributed by atoms with van der Waals surface area (Å²) >= 11 is 5.88. The van der Waals surface area contributed by atoms with Crippen LogP contribution in [0.15, 0.2) is 12.1 Å². The van der Waals surface area contributed by atoms with Crippen LogP contribution in [0.5, 0.6) is 0 Å². The average Bonchev–Trinajstić information content (AvgIpc) is 3.00. The van der Waals surface area contributed by atoms with E-state index in [-0.39, 0.29) is 6.10 Å². The number of aromatic nitrogens is 3. The van der Waals surface area contributed by atoms with Gasteiger partial charge < -0.3 is 9.30 Å². The summed E-state index contributed by atoms with van der Waals surface area (Å²) in [5.74, 6) is 1.59. The summed E-state index contributed by atoms with van der Waals surface area (Å²) in [6, 6.07) is 4.03. The number of hydrogen-bond acceptors (Lipinski definition) is 3. The molecule has 0 saturated carbocycles. The largest absolute Gasteiger partial charge is 0.376 e. The van der Waals surface area contributed by atoms with E-state index in [0.29, 0.717) is 5.88 Å². The lowest BCUT2D eigenvalue weighted by Crippen LogP contribution is -2.17. The van der Waals surface area contributed by atoms with Gasteiger partial charge in [0.05, 0.1) is 12.6 Å². The van der Waals surface area contributed by atoms with Crippen molar-refractivity contribution in [2.45, 2.75) is 38.8 Å². The third-order valence-electron chi connectivity index (χ3n) is 3.54.